The molecule has 0 spiro atoms. The van der Waals surface area contributed by atoms with Crippen LogP contribution in [0.15, 0.2) is 132 Å². The van der Waals surface area contributed by atoms with Crippen LogP contribution in [0.2, 0.25) is 0 Å². The van der Waals surface area contributed by atoms with E-state index in [0.29, 0.717) is 5.56 Å². The Labute approximate surface area is 239 Å². The topological polar surface area (TPSA) is 148 Å². The highest BCUT2D eigenvalue weighted by atomic mass is 35.7. The molecule has 40 heavy (non-hydrogen) atoms. The quantitative estimate of drug-likeness (QED) is 0.182. The molecule has 4 rings (SSSR count). The van der Waals surface area contributed by atoms with Gasteiger partial charge in [-0.05, 0) is 60.1 Å². The molecule has 0 atom stereocenters. The van der Waals surface area contributed by atoms with Crippen molar-refractivity contribution in [2.75, 3.05) is 7.11 Å². The van der Waals surface area contributed by atoms with Crippen molar-refractivity contribution in [2.45, 2.75) is 0 Å². The highest BCUT2D eigenvalue weighted by Crippen LogP contribution is 2.64. The van der Waals surface area contributed by atoms with E-state index in [4.69, 9.17) is 35.0 Å². The van der Waals surface area contributed by atoms with Gasteiger partial charge in [-0.25, -0.2) is 23.4 Å². The third-order valence-corrected chi connectivity index (χ3v) is 10.6. The van der Waals surface area contributed by atoms with Gasteiger partial charge >= 0.3 is 5.97 Å². The van der Waals surface area contributed by atoms with Crippen molar-refractivity contribution in [2.24, 2.45) is 0 Å². The fraction of sp³-hybridized carbons (Fsp3) is 0.0345. The van der Waals surface area contributed by atoms with Gasteiger partial charge < -0.3 is 10.1 Å². The van der Waals surface area contributed by atoms with E-state index in [9.17, 15) is 9.59 Å². The summed E-state index contributed by atoms with van der Waals surface area (Å²) < 4.78 is 39.3. The van der Waals surface area contributed by atoms with Crippen molar-refractivity contribution in [3.63, 3.8) is 0 Å². The molecule has 4 aromatic carbocycles. The number of halogens is 2. The Balaban J connectivity index is 0.000000810. The Morgan fingerprint density at radius 2 is 1.00 bits per heavy atom. The second-order valence-electron chi connectivity index (χ2n) is 8.03. The van der Waals surface area contributed by atoms with Crippen LogP contribution in [0.4, 0.5) is 0 Å². The van der Waals surface area contributed by atoms with Crippen LogP contribution in [0.25, 0.3) is 0 Å². The van der Waals surface area contributed by atoms with Crippen molar-refractivity contribution < 1.29 is 43.2 Å². The number of benzene rings is 4. The lowest BCUT2D eigenvalue weighted by molar-refractivity contribution is -2.00. The van der Waals surface area contributed by atoms with Gasteiger partial charge in [-0.15, -0.1) is 10.2 Å². The Morgan fingerprint density at radius 3 is 1.32 bits per heavy atom. The average Bonchev–Trinajstić information content (AvgIpc) is 2.97. The van der Waals surface area contributed by atoms with Crippen LogP contribution in [-0.2, 0) is 9.53 Å². The third-order valence-electron chi connectivity index (χ3n) is 5.60. The zero-order valence-electron chi connectivity index (χ0n) is 21.1. The molecule has 0 fully saturated rings. The molecule has 0 aromatic heterocycles. The van der Waals surface area contributed by atoms with Gasteiger partial charge in [-0.2, -0.15) is 0 Å². The molecule has 0 unspecified atom stereocenters. The summed E-state index contributed by atoms with van der Waals surface area (Å²) in [5.41, 5.74) is 0.328. The summed E-state index contributed by atoms with van der Waals surface area (Å²) >= 11 is 7.29. The van der Waals surface area contributed by atoms with Crippen LogP contribution >= 0.6 is 18.9 Å². The average molecular weight is 600 g/mol. The number of methoxy groups -OCH3 is 1. The molecular weight excluding hydrogens is 576 g/mol. The molecular formula is C29H24Cl2NO7P. The van der Waals surface area contributed by atoms with E-state index < -0.39 is 29.4 Å². The smallest absolute Gasteiger partial charge is 0.359 e. The molecule has 0 saturated heterocycles. The fourth-order valence-corrected chi connectivity index (χ4v) is 8.89. The highest BCUT2D eigenvalue weighted by molar-refractivity contribution is 8.00. The number of hydrogen-bond donors (Lipinski definition) is 1. The van der Waals surface area contributed by atoms with Gasteiger partial charge in [0, 0.05) is 5.56 Å². The Hall–Kier alpha value is -3.59. The minimum atomic E-state index is -4.94. The summed E-state index contributed by atoms with van der Waals surface area (Å²) in [6.45, 7) is 0. The highest BCUT2D eigenvalue weighted by Gasteiger charge is 2.52. The number of hydrogen-bond acceptors (Lipinski definition) is 7. The maximum absolute atomic E-state index is 13.1. The molecule has 0 bridgehead atoms. The van der Waals surface area contributed by atoms with Crippen molar-refractivity contribution in [1.82, 2.24) is 5.32 Å². The molecule has 0 aliphatic heterocycles. The largest absolute Gasteiger partial charge is 0.464 e. The van der Waals surface area contributed by atoms with E-state index in [-0.39, 0.29) is 10.5 Å². The van der Waals surface area contributed by atoms with E-state index in [0.717, 1.165) is 15.9 Å². The number of amides is 1. The monoisotopic (exact) mass is 599 g/mol. The van der Waals surface area contributed by atoms with Crippen molar-refractivity contribution in [3.8, 4) is 0 Å². The molecule has 206 valence electrons. The van der Waals surface area contributed by atoms with Crippen LogP contribution in [0.1, 0.15) is 10.4 Å². The first-order chi connectivity index (χ1) is 19.1. The van der Waals surface area contributed by atoms with E-state index >= 15 is 0 Å². The van der Waals surface area contributed by atoms with Crippen molar-refractivity contribution >= 4 is 46.7 Å². The fourth-order valence-electron chi connectivity index (χ4n) is 3.97. The summed E-state index contributed by atoms with van der Waals surface area (Å²) in [5.74, 6) is -1.16. The predicted octanol–water partition coefficient (Wildman–Crippen LogP) is 0.235. The molecule has 1 N–H and O–H groups in total. The first-order valence-corrected chi connectivity index (χ1v) is 15.0. The van der Waals surface area contributed by atoms with Gasteiger partial charge in [-0.1, -0.05) is 72.8 Å². The molecule has 4 aromatic rings. The molecule has 8 nitrogen and oxygen atoms in total. The lowest BCUT2D eigenvalue weighted by Crippen LogP contribution is -2.68. The molecule has 0 saturated carbocycles. The summed E-state index contributed by atoms with van der Waals surface area (Å²) in [5, 5.41) is 5.59. The van der Waals surface area contributed by atoms with Crippen LogP contribution in [-0.4, -0.2) is 19.0 Å². The van der Waals surface area contributed by atoms with Gasteiger partial charge in [0.1, 0.15) is 15.9 Å². The van der Waals surface area contributed by atoms with Crippen molar-refractivity contribution in [3.05, 3.63) is 137 Å². The second-order valence-corrected chi connectivity index (χ2v) is 12.8. The number of carbonyl (C=O) groups is 2. The molecule has 0 radical (unpaired) electrons. The Bertz CT molecular complexity index is 1330. The standard InChI is InChI=1S/C29H23ClNO3P.ClHO4/c1-34-29(33)26(31-28(32)22-14-6-2-7-15-22)27(30)35(23-16-8-3-9-17-23,24-18-10-4-11-19-24)25-20-12-5-13-21-25;2-1(3,4)5/h2-21H,1H3;(H,2,3,4,5). The first-order valence-electron chi connectivity index (χ1n) is 11.6. The van der Waals surface area contributed by atoms with E-state index in [1.807, 2.05) is 97.1 Å². The summed E-state index contributed by atoms with van der Waals surface area (Å²) in [4.78, 5) is 26.2. The maximum atomic E-state index is 13.1. The first kappa shape index (κ1) is 30.9. The number of nitrogens with one attached hydrogen (secondary N) is 1. The third kappa shape index (κ3) is 7.75. The minimum absolute atomic E-state index is 0.0760. The maximum Gasteiger partial charge on any atom is 0.359 e. The number of esters is 1. The lowest BCUT2D eigenvalue weighted by atomic mass is 10.2. The zero-order valence-corrected chi connectivity index (χ0v) is 23.5. The Morgan fingerprint density at radius 1 is 0.675 bits per heavy atom. The van der Waals surface area contributed by atoms with Gasteiger partial charge in [-0.3, -0.25) is 4.79 Å². The molecule has 11 heteroatoms. The number of carbonyl (C=O) groups excluding carboxylic acids is 2. The Kier molecular flexibility index (Phi) is 11.0. The second kappa shape index (κ2) is 14.2. The van der Waals surface area contributed by atoms with Crippen molar-refractivity contribution in [1.29, 1.82) is 0 Å². The molecule has 1 amide bonds. The van der Waals surface area contributed by atoms with Crippen LogP contribution in [0.5, 0.6) is 0 Å². The minimum Gasteiger partial charge on any atom is -0.464 e. The molecule has 0 heterocycles. The van der Waals surface area contributed by atoms with Gasteiger partial charge in [0.05, 0.1) is 7.11 Å². The molecule has 0 aliphatic rings. The van der Waals surface area contributed by atoms with Crippen LogP contribution in [0.3, 0.4) is 0 Å². The summed E-state index contributed by atoms with van der Waals surface area (Å²) in [7, 11) is -6.46. The molecule has 0 aliphatic carbocycles. The SMILES string of the molecule is COC(=O)C(NC(=O)c1ccccc1)=C(Cl)[P+](c1ccccc1)(c1ccccc1)c1ccccc1.[O-][Cl+3]([O-])([O-])[O-]. The van der Waals surface area contributed by atoms with Gasteiger partial charge in [0.25, 0.3) is 5.91 Å². The van der Waals surface area contributed by atoms with Crippen LogP contribution in [0, 0.1) is 10.2 Å². The summed E-state index contributed by atoms with van der Waals surface area (Å²) in [6.07, 6.45) is 0. The van der Waals surface area contributed by atoms with E-state index in [2.05, 4.69) is 5.32 Å². The number of ether oxygens (including phenoxy) is 1. The van der Waals surface area contributed by atoms with E-state index in [1.54, 1.807) is 24.3 Å². The van der Waals surface area contributed by atoms with Gasteiger partial charge in [0.15, 0.2) is 13.0 Å². The van der Waals surface area contributed by atoms with Crippen LogP contribution < -0.4 is 39.9 Å². The zero-order chi connectivity index (χ0) is 29.2. The van der Waals surface area contributed by atoms with E-state index in [1.165, 1.54) is 7.11 Å². The lowest BCUT2D eigenvalue weighted by Gasteiger charge is -2.27. The number of rotatable bonds is 7. The predicted molar refractivity (Wildman–Crippen MR) is 144 cm³/mol. The summed E-state index contributed by atoms with van der Waals surface area (Å²) in [6, 6.07) is 38.2. The normalized spacial score (nSPS) is 11.8. The van der Waals surface area contributed by atoms with Gasteiger partial charge in [0.2, 0.25) is 4.77 Å².